The molecule has 15 heavy (non-hydrogen) atoms. The summed E-state index contributed by atoms with van der Waals surface area (Å²) in [6, 6.07) is 0.358. The topological polar surface area (TPSA) is 63.1 Å². The minimum Gasteiger partial charge on any atom is -0.358 e. The summed E-state index contributed by atoms with van der Waals surface area (Å²) in [6.45, 7) is 2.29. The van der Waals surface area contributed by atoms with Gasteiger partial charge in [-0.2, -0.15) is 0 Å². The second kappa shape index (κ2) is 4.39. The molecule has 1 fully saturated rings. The normalized spacial score (nSPS) is 21.8. The maximum absolute atomic E-state index is 11.2. The Morgan fingerprint density at radius 2 is 2.53 bits per heavy atom. The summed E-state index contributed by atoms with van der Waals surface area (Å²) in [5.41, 5.74) is 0. The summed E-state index contributed by atoms with van der Waals surface area (Å²) in [5.74, 6) is 0.0641. The van der Waals surface area contributed by atoms with Gasteiger partial charge in [-0.15, -0.1) is 5.10 Å². The van der Waals surface area contributed by atoms with Crippen LogP contribution in [0.3, 0.4) is 0 Å². The molecule has 1 saturated heterocycles. The highest BCUT2D eigenvalue weighted by molar-refractivity contribution is 5.77. The highest BCUT2D eigenvalue weighted by atomic mass is 16.1. The number of nitrogens with zero attached hydrogens (tertiary/aromatic N) is 4. The average Bonchev–Trinajstić information content (AvgIpc) is 2.85. The number of aromatic nitrogens is 3. The van der Waals surface area contributed by atoms with Crippen molar-refractivity contribution in [1.82, 2.24) is 25.2 Å². The third-order valence-corrected chi connectivity index (χ3v) is 2.71. The van der Waals surface area contributed by atoms with Crippen LogP contribution in [0.5, 0.6) is 0 Å². The van der Waals surface area contributed by atoms with Crippen molar-refractivity contribution in [2.45, 2.75) is 12.5 Å². The van der Waals surface area contributed by atoms with Crippen molar-refractivity contribution in [3.8, 4) is 0 Å². The van der Waals surface area contributed by atoms with Gasteiger partial charge in [-0.3, -0.25) is 9.69 Å². The Morgan fingerprint density at radius 3 is 3.20 bits per heavy atom. The number of likely N-dealkylation sites (tertiary alicyclic amines) is 1. The lowest BCUT2D eigenvalue weighted by Gasteiger charge is -2.14. The number of amides is 1. The van der Waals surface area contributed by atoms with Gasteiger partial charge < -0.3 is 5.32 Å². The van der Waals surface area contributed by atoms with Crippen LogP contribution in [0.25, 0.3) is 0 Å². The number of hydrogen-bond donors (Lipinski definition) is 1. The highest BCUT2D eigenvalue weighted by Crippen LogP contribution is 2.19. The van der Waals surface area contributed by atoms with Crippen LogP contribution in [0, 0.1) is 0 Å². The van der Waals surface area contributed by atoms with Crippen molar-refractivity contribution in [3.63, 3.8) is 0 Å². The summed E-state index contributed by atoms with van der Waals surface area (Å²) >= 11 is 0. The van der Waals surface area contributed by atoms with E-state index in [1.807, 2.05) is 10.9 Å². The van der Waals surface area contributed by atoms with Gasteiger partial charge in [0.15, 0.2) is 0 Å². The van der Waals surface area contributed by atoms with Gasteiger partial charge in [-0.25, -0.2) is 4.68 Å². The van der Waals surface area contributed by atoms with Crippen LogP contribution < -0.4 is 5.32 Å². The Balaban J connectivity index is 1.87. The lowest BCUT2D eigenvalue weighted by atomic mass is 10.3. The van der Waals surface area contributed by atoms with E-state index in [1.54, 1.807) is 13.2 Å². The molecule has 0 radical (unpaired) electrons. The molecule has 1 unspecified atom stereocenters. The monoisotopic (exact) mass is 209 g/mol. The molecule has 1 aliphatic rings. The van der Waals surface area contributed by atoms with Crippen LogP contribution in [0.2, 0.25) is 0 Å². The maximum Gasteiger partial charge on any atom is 0.233 e. The van der Waals surface area contributed by atoms with Crippen molar-refractivity contribution >= 4 is 5.91 Å². The van der Waals surface area contributed by atoms with Crippen LogP contribution in [-0.4, -0.2) is 52.5 Å². The molecule has 1 N–H and O–H groups in total. The first-order valence-corrected chi connectivity index (χ1v) is 5.08. The molecular weight excluding hydrogens is 194 g/mol. The van der Waals surface area contributed by atoms with Gasteiger partial charge in [0, 0.05) is 26.3 Å². The third kappa shape index (κ3) is 2.33. The summed E-state index contributed by atoms with van der Waals surface area (Å²) in [5, 5.41) is 10.4. The molecule has 1 aromatic rings. The maximum atomic E-state index is 11.2. The van der Waals surface area contributed by atoms with Crippen LogP contribution in [0.1, 0.15) is 12.5 Å². The van der Waals surface area contributed by atoms with Crippen LogP contribution in [0.15, 0.2) is 12.4 Å². The van der Waals surface area contributed by atoms with E-state index in [2.05, 4.69) is 20.5 Å². The van der Waals surface area contributed by atoms with Gasteiger partial charge >= 0.3 is 0 Å². The fourth-order valence-electron chi connectivity index (χ4n) is 1.87. The molecule has 0 aliphatic carbocycles. The molecule has 0 spiro atoms. The Morgan fingerprint density at radius 1 is 1.67 bits per heavy atom. The van der Waals surface area contributed by atoms with Gasteiger partial charge in [0.2, 0.25) is 5.91 Å². The van der Waals surface area contributed by atoms with Crippen molar-refractivity contribution in [3.05, 3.63) is 12.4 Å². The van der Waals surface area contributed by atoms with Gasteiger partial charge in [0.25, 0.3) is 0 Å². The van der Waals surface area contributed by atoms with Gasteiger partial charge in [-0.05, 0) is 6.42 Å². The van der Waals surface area contributed by atoms with Crippen molar-refractivity contribution in [2.24, 2.45) is 0 Å². The molecule has 6 nitrogen and oxygen atoms in total. The van der Waals surface area contributed by atoms with Crippen LogP contribution in [-0.2, 0) is 4.79 Å². The molecule has 0 saturated carbocycles. The van der Waals surface area contributed by atoms with Crippen LogP contribution >= 0.6 is 0 Å². The van der Waals surface area contributed by atoms with E-state index < -0.39 is 0 Å². The molecule has 0 aromatic carbocycles. The zero-order valence-corrected chi connectivity index (χ0v) is 8.76. The average molecular weight is 209 g/mol. The molecule has 1 amide bonds. The predicted octanol–water partition coefficient (Wildman–Crippen LogP) is -0.729. The first-order chi connectivity index (χ1) is 7.29. The van der Waals surface area contributed by atoms with Crippen LogP contribution in [0.4, 0.5) is 0 Å². The summed E-state index contributed by atoms with van der Waals surface area (Å²) in [6.07, 6.45) is 4.58. The Hall–Kier alpha value is -1.43. The smallest absolute Gasteiger partial charge is 0.233 e. The van der Waals surface area contributed by atoms with E-state index in [1.165, 1.54) is 0 Å². The fraction of sp³-hybridized carbons (Fsp3) is 0.667. The van der Waals surface area contributed by atoms with E-state index >= 15 is 0 Å². The van der Waals surface area contributed by atoms with Crippen molar-refractivity contribution in [1.29, 1.82) is 0 Å². The quantitative estimate of drug-likeness (QED) is 0.713. The number of nitrogens with one attached hydrogen (secondary N) is 1. The van der Waals surface area contributed by atoms with Crippen molar-refractivity contribution < 1.29 is 4.79 Å². The Labute approximate surface area is 88.2 Å². The Kier molecular flexibility index (Phi) is 2.96. The third-order valence-electron chi connectivity index (χ3n) is 2.71. The number of carbonyl (C=O) groups excluding carboxylic acids is 1. The zero-order chi connectivity index (χ0) is 10.7. The zero-order valence-electron chi connectivity index (χ0n) is 8.76. The Bertz CT molecular complexity index is 323. The SMILES string of the molecule is CNC(=O)CN1CCC(n2ccnn2)C1. The highest BCUT2D eigenvalue weighted by Gasteiger charge is 2.25. The van der Waals surface area contributed by atoms with E-state index in [9.17, 15) is 4.79 Å². The van der Waals surface area contributed by atoms with Gasteiger partial charge in [0.05, 0.1) is 18.8 Å². The number of carbonyl (C=O) groups is 1. The second-order valence-electron chi connectivity index (χ2n) is 3.73. The minimum absolute atomic E-state index is 0.0641. The molecule has 0 bridgehead atoms. The molecule has 1 aromatic heterocycles. The molecule has 6 heteroatoms. The van der Waals surface area contributed by atoms with E-state index in [0.29, 0.717) is 12.6 Å². The molecule has 82 valence electrons. The predicted molar refractivity (Wildman–Crippen MR) is 54.2 cm³/mol. The number of likely N-dealkylation sites (N-methyl/N-ethyl adjacent to an activating group) is 1. The van der Waals surface area contributed by atoms with Gasteiger partial charge in [-0.1, -0.05) is 5.21 Å². The van der Waals surface area contributed by atoms with E-state index in [-0.39, 0.29) is 5.91 Å². The molecule has 2 rings (SSSR count). The summed E-state index contributed by atoms with van der Waals surface area (Å²) < 4.78 is 1.86. The number of rotatable bonds is 3. The first-order valence-electron chi connectivity index (χ1n) is 5.08. The van der Waals surface area contributed by atoms with E-state index in [4.69, 9.17) is 0 Å². The number of hydrogen-bond acceptors (Lipinski definition) is 4. The standard InChI is InChI=1S/C9H15N5O/c1-10-9(15)7-13-4-2-8(6-13)14-5-3-11-12-14/h3,5,8H,2,4,6-7H2,1H3,(H,10,15). The molecule has 1 atom stereocenters. The van der Waals surface area contributed by atoms with Crippen molar-refractivity contribution in [2.75, 3.05) is 26.7 Å². The largest absolute Gasteiger partial charge is 0.358 e. The second-order valence-corrected chi connectivity index (χ2v) is 3.73. The lowest BCUT2D eigenvalue weighted by molar-refractivity contribution is -0.121. The molecule has 2 heterocycles. The first kappa shape index (κ1) is 10.1. The lowest BCUT2D eigenvalue weighted by Crippen LogP contribution is -2.34. The molecule has 1 aliphatic heterocycles. The fourth-order valence-corrected chi connectivity index (χ4v) is 1.87. The molecular formula is C9H15N5O. The summed E-state index contributed by atoms with van der Waals surface area (Å²) in [4.78, 5) is 13.3. The summed E-state index contributed by atoms with van der Waals surface area (Å²) in [7, 11) is 1.66. The van der Waals surface area contributed by atoms with Gasteiger partial charge in [0.1, 0.15) is 0 Å². The van der Waals surface area contributed by atoms with E-state index in [0.717, 1.165) is 19.5 Å². The minimum atomic E-state index is 0.0641.